The largest absolute Gasteiger partial charge is 0.493 e. The Balaban J connectivity index is 3.06. The van der Waals surface area contributed by atoms with Gasteiger partial charge in [-0.3, -0.25) is 0 Å². The number of rotatable bonds is 4. The third kappa shape index (κ3) is 2.63. The summed E-state index contributed by atoms with van der Waals surface area (Å²) in [6.45, 7) is 0. The summed E-state index contributed by atoms with van der Waals surface area (Å²) in [5, 5.41) is 8.52. The minimum Gasteiger partial charge on any atom is -0.493 e. The summed E-state index contributed by atoms with van der Waals surface area (Å²) < 4.78 is 11.3. The lowest BCUT2D eigenvalue weighted by atomic mass is 10.1. The molecule has 0 amide bonds. The molecule has 0 fully saturated rings. The highest BCUT2D eigenvalue weighted by atomic mass is 79.9. The highest BCUT2D eigenvalue weighted by molar-refractivity contribution is 9.10. The normalized spacial score (nSPS) is 9.47. The lowest BCUT2D eigenvalue weighted by molar-refractivity contribution is 0.352. The van der Waals surface area contributed by atoms with Crippen molar-refractivity contribution in [3.63, 3.8) is 0 Å². The fourth-order valence-corrected chi connectivity index (χ4v) is 2.00. The van der Waals surface area contributed by atoms with E-state index in [1.54, 1.807) is 14.2 Å². The summed E-state index contributed by atoms with van der Waals surface area (Å²) in [5.41, 5.74) is 1.05. The Morgan fingerprint density at radius 1 is 1.33 bits per heavy atom. The van der Waals surface area contributed by atoms with E-state index in [1.807, 2.05) is 12.1 Å². The Kier molecular flexibility index (Phi) is 4.44. The number of nitrogens with zero attached hydrogens (tertiary/aromatic N) is 1. The monoisotopic (exact) mass is 269 g/mol. The molecule has 15 heavy (non-hydrogen) atoms. The van der Waals surface area contributed by atoms with Crippen LogP contribution in [0, 0.1) is 11.3 Å². The summed E-state index contributed by atoms with van der Waals surface area (Å²) in [6.07, 6.45) is 1.20. The number of benzene rings is 1. The fraction of sp³-hybridized carbons (Fsp3) is 0.364. The molecule has 80 valence electrons. The zero-order chi connectivity index (χ0) is 11.3. The first-order valence-corrected chi connectivity index (χ1v) is 5.30. The zero-order valence-electron chi connectivity index (χ0n) is 8.71. The molecule has 0 saturated carbocycles. The number of aryl methyl sites for hydroxylation is 1. The molecule has 0 spiro atoms. The summed E-state index contributed by atoms with van der Waals surface area (Å²) in [7, 11) is 3.19. The van der Waals surface area contributed by atoms with Crippen LogP contribution in [0.15, 0.2) is 16.6 Å². The maximum Gasteiger partial charge on any atom is 0.175 e. The molecule has 0 aliphatic rings. The quantitative estimate of drug-likeness (QED) is 0.844. The van der Waals surface area contributed by atoms with Crippen LogP contribution in [0.2, 0.25) is 0 Å². The van der Waals surface area contributed by atoms with Crippen LogP contribution in [0.3, 0.4) is 0 Å². The Morgan fingerprint density at radius 3 is 2.60 bits per heavy atom. The van der Waals surface area contributed by atoms with Crippen molar-refractivity contribution >= 4 is 15.9 Å². The second kappa shape index (κ2) is 5.62. The van der Waals surface area contributed by atoms with E-state index < -0.39 is 0 Å². The third-order valence-electron chi connectivity index (χ3n) is 2.07. The maximum absolute atomic E-state index is 8.52. The second-order valence-corrected chi connectivity index (χ2v) is 3.73. The van der Waals surface area contributed by atoms with E-state index in [0.717, 1.165) is 10.0 Å². The number of ether oxygens (including phenoxy) is 2. The second-order valence-electron chi connectivity index (χ2n) is 2.93. The Morgan fingerprint density at radius 2 is 2.07 bits per heavy atom. The van der Waals surface area contributed by atoms with Gasteiger partial charge in [-0.25, -0.2) is 0 Å². The van der Waals surface area contributed by atoms with Crippen molar-refractivity contribution in [2.24, 2.45) is 0 Å². The minimum atomic E-state index is 0.494. The predicted molar refractivity (Wildman–Crippen MR) is 61.2 cm³/mol. The molecule has 0 N–H and O–H groups in total. The fourth-order valence-electron chi connectivity index (χ4n) is 1.31. The molecule has 0 aliphatic heterocycles. The summed E-state index contributed by atoms with van der Waals surface area (Å²) in [4.78, 5) is 0. The first kappa shape index (κ1) is 11.9. The van der Waals surface area contributed by atoms with Gasteiger partial charge in [0.1, 0.15) is 0 Å². The topological polar surface area (TPSA) is 42.2 Å². The molecule has 4 heteroatoms. The molecular weight excluding hydrogens is 258 g/mol. The molecule has 0 saturated heterocycles. The van der Waals surface area contributed by atoms with Gasteiger partial charge >= 0.3 is 0 Å². The van der Waals surface area contributed by atoms with Crippen molar-refractivity contribution < 1.29 is 9.47 Å². The van der Waals surface area contributed by atoms with Gasteiger partial charge in [0.25, 0.3) is 0 Å². The van der Waals surface area contributed by atoms with Gasteiger partial charge in [-0.05, 0) is 34.0 Å². The van der Waals surface area contributed by atoms with Crippen molar-refractivity contribution in [3.8, 4) is 17.6 Å². The predicted octanol–water partition coefficient (Wildman–Crippen LogP) is 2.92. The molecule has 0 radical (unpaired) electrons. The van der Waals surface area contributed by atoms with Crippen molar-refractivity contribution in [1.82, 2.24) is 0 Å². The van der Waals surface area contributed by atoms with Crippen LogP contribution in [0.4, 0.5) is 0 Å². The van der Waals surface area contributed by atoms with Gasteiger partial charge < -0.3 is 9.47 Å². The number of halogens is 1. The first-order valence-electron chi connectivity index (χ1n) is 4.51. The number of nitriles is 1. The summed E-state index contributed by atoms with van der Waals surface area (Å²) in [5.74, 6) is 1.36. The van der Waals surface area contributed by atoms with Crippen LogP contribution in [-0.4, -0.2) is 14.2 Å². The SMILES string of the molecule is COc1ccc(CCC#N)c(Br)c1OC. The average molecular weight is 270 g/mol. The number of methoxy groups -OCH3 is 2. The van der Waals surface area contributed by atoms with Gasteiger partial charge in [0.15, 0.2) is 11.5 Å². The molecule has 3 nitrogen and oxygen atoms in total. The van der Waals surface area contributed by atoms with Gasteiger partial charge in [0.05, 0.1) is 24.8 Å². The average Bonchev–Trinajstić information content (AvgIpc) is 2.27. The standard InChI is InChI=1S/C11H12BrNO2/c1-14-9-6-5-8(4-3-7-13)10(12)11(9)15-2/h5-6H,3-4H2,1-2H3. The summed E-state index contributed by atoms with van der Waals surface area (Å²) >= 11 is 3.45. The summed E-state index contributed by atoms with van der Waals surface area (Å²) in [6, 6.07) is 5.89. The zero-order valence-corrected chi connectivity index (χ0v) is 10.3. The lowest BCUT2D eigenvalue weighted by Crippen LogP contribution is -1.95. The molecule has 1 aromatic carbocycles. The van der Waals surface area contributed by atoms with Gasteiger partial charge in [0, 0.05) is 6.42 Å². The molecule has 0 aliphatic carbocycles. The van der Waals surface area contributed by atoms with Crippen LogP contribution in [-0.2, 0) is 6.42 Å². The van der Waals surface area contributed by atoms with Crippen LogP contribution >= 0.6 is 15.9 Å². The van der Waals surface area contributed by atoms with Crippen molar-refractivity contribution in [2.75, 3.05) is 14.2 Å². The highest BCUT2D eigenvalue weighted by Gasteiger charge is 2.11. The number of hydrogen-bond acceptors (Lipinski definition) is 3. The van der Waals surface area contributed by atoms with E-state index in [4.69, 9.17) is 14.7 Å². The smallest absolute Gasteiger partial charge is 0.175 e. The molecule has 0 unspecified atom stereocenters. The Hall–Kier alpha value is -1.21. The van der Waals surface area contributed by atoms with E-state index >= 15 is 0 Å². The lowest BCUT2D eigenvalue weighted by Gasteiger charge is -2.12. The molecule has 0 aromatic heterocycles. The van der Waals surface area contributed by atoms with Gasteiger partial charge in [0.2, 0.25) is 0 Å². The van der Waals surface area contributed by atoms with E-state index in [1.165, 1.54) is 0 Å². The van der Waals surface area contributed by atoms with Gasteiger partial charge in [-0.1, -0.05) is 6.07 Å². The molecule has 1 aromatic rings. The minimum absolute atomic E-state index is 0.494. The highest BCUT2D eigenvalue weighted by Crippen LogP contribution is 2.37. The molecule has 0 bridgehead atoms. The van der Waals surface area contributed by atoms with Crippen LogP contribution in [0.5, 0.6) is 11.5 Å². The maximum atomic E-state index is 8.52. The molecular formula is C11H12BrNO2. The third-order valence-corrected chi connectivity index (χ3v) is 2.94. The van der Waals surface area contributed by atoms with Crippen molar-refractivity contribution in [3.05, 3.63) is 22.2 Å². The van der Waals surface area contributed by atoms with Crippen molar-refractivity contribution in [2.45, 2.75) is 12.8 Å². The molecule has 0 atom stereocenters. The van der Waals surface area contributed by atoms with Crippen LogP contribution in [0.25, 0.3) is 0 Å². The van der Waals surface area contributed by atoms with Gasteiger partial charge in [-0.2, -0.15) is 5.26 Å². The Labute approximate surface area is 97.7 Å². The van der Waals surface area contributed by atoms with E-state index in [0.29, 0.717) is 24.3 Å². The van der Waals surface area contributed by atoms with Crippen molar-refractivity contribution in [1.29, 1.82) is 5.26 Å². The number of hydrogen-bond donors (Lipinski definition) is 0. The van der Waals surface area contributed by atoms with Gasteiger partial charge in [-0.15, -0.1) is 0 Å². The van der Waals surface area contributed by atoms with E-state index in [-0.39, 0.29) is 0 Å². The molecule has 0 heterocycles. The van der Waals surface area contributed by atoms with Crippen LogP contribution < -0.4 is 9.47 Å². The van der Waals surface area contributed by atoms with E-state index in [2.05, 4.69) is 22.0 Å². The molecule has 1 rings (SSSR count). The van der Waals surface area contributed by atoms with E-state index in [9.17, 15) is 0 Å². The van der Waals surface area contributed by atoms with Crippen LogP contribution in [0.1, 0.15) is 12.0 Å². The Bertz CT molecular complexity index is 385. The first-order chi connectivity index (χ1) is 7.24.